The third-order valence-corrected chi connectivity index (χ3v) is 5.37. The predicted octanol–water partition coefficient (Wildman–Crippen LogP) is 2.65. The van der Waals surface area contributed by atoms with Gasteiger partial charge in [0.2, 0.25) is 5.91 Å². The maximum atomic E-state index is 11.8. The fraction of sp³-hybridized carbons (Fsp3) is 0.429. The molecule has 2 aromatic heterocycles. The number of aromatic nitrogens is 1. The highest BCUT2D eigenvalue weighted by Gasteiger charge is 2.08. The topological polar surface area (TPSA) is 62.2 Å². The van der Waals surface area contributed by atoms with E-state index in [2.05, 4.69) is 15.7 Å². The molecule has 0 unspecified atom stereocenters. The van der Waals surface area contributed by atoms with E-state index in [0.717, 1.165) is 34.2 Å². The summed E-state index contributed by atoms with van der Waals surface area (Å²) in [5, 5.41) is 18.6. The molecule has 1 amide bonds. The first-order chi connectivity index (χ1) is 10.3. The Bertz CT molecular complexity index is 540. The first-order valence-electron chi connectivity index (χ1n) is 6.72. The van der Waals surface area contributed by atoms with Crippen LogP contribution in [0.5, 0.6) is 0 Å². The molecule has 0 aliphatic heterocycles. The lowest BCUT2D eigenvalue weighted by molar-refractivity contribution is -0.120. The van der Waals surface area contributed by atoms with Crippen LogP contribution >= 0.6 is 34.4 Å². The summed E-state index contributed by atoms with van der Waals surface area (Å²) in [6.07, 6.45) is 1.14. The maximum Gasteiger partial charge on any atom is 0.226 e. The molecule has 0 aliphatic rings. The van der Waals surface area contributed by atoms with Gasteiger partial charge in [-0.2, -0.15) is 23.1 Å². The number of thiophene rings is 1. The summed E-state index contributed by atoms with van der Waals surface area (Å²) in [6.45, 7) is 0.895. The van der Waals surface area contributed by atoms with E-state index in [1.54, 1.807) is 34.4 Å². The van der Waals surface area contributed by atoms with Gasteiger partial charge in [0.1, 0.15) is 5.01 Å². The average Bonchev–Trinajstić information content (AvgIpc) is 3.13. The predicted molar refractivity (Wildman–Crippen MR) is 91.2 cm³/mol. The number of thioether (sulfide) groups is 1. The molecule has 114 valence electrons. The molecule has 2 N–H and O–H groups in total. The number of hydrogen-bond donors (Lipinski definition) is 2. The van der Waals surface area contributed by atoms with Gasteiger partial charge in [-0.05, 0) is 23.6 Å². The molecular weight excluding hydrogens is 324 g/mol. The molecule has 2 aromatic rings. The Morgan fingerprint density at radius 1 is 1.38 bits per heavy atom. The van der Waals surface area contributed by atoms with Gasteiger partial charge in [-0.25, -0.2) is 4.98 Å². The van der Waals surface area contributed by atoms with Gasteiger partial charge in [0.15, 0.2) is 0 Å². The van der Waals surface area contributed by atoms with E-state index in [-0.39, 0.29) is 12.5 Å². The molecule has 0 bridgehead atoms. The van der Waals surface area contributed by atoms with Crippen LogP contribution in [-0.2, 0) is 11.2 Å². The van der Waals surface area contributed by atoms with Crippen LogP contribution in [0.15, 0.2) is 22.2 Å². The fourth-order valence-electron chi connectivity index (χ4n) is 1.67. The van der Waals surface area contributed by atoms with Gasteiger partial charge < -0.3 is 10.4 Å². The summed E-state index contributed by atoms with van der Waals surface area (Å²) in [6, 6.07) is 2.04. The number of nitrogens with one attached hydrogen (secondary N) is 1. The average molecular weight is 343 g/mol. The normalized spacial score (nSPS) is 10.7. The molecule has 0 aliphatic carbocycles. The zero-order valence-electron chi connectivity index (χ0n) is 11.6. The Labute approximate surface area is 136 Å². The van der Waals surface area contributed by atoms with Crippen LogP contribution in [0, 0.1) is 0 Å². The Balaban J connectivity index is 1.68. The summed E-state index contributed by atoms with van der Waals surface area (Å²) in [4.78, 5) is 16.3. The molecule has 0 saturated carbocycles. The molecule has 2 heterocycles. The number of carbonyl (C=O) groups excluding carboxylic acids is 1. The summed E-state index contributed by atoms with van der Waals surface area (Å²) in [5.41, 5.74) is 1.95. The maximum absolute atomic E-state index is 11.8. The monoisotopic (exact) mass is 342 g/mol. The molecule has 0 atom stereocenters. The number of thiazole rings is 1. The highest BCUT2D eigenvalue weighted by molar-refractivity contribution is 7.99. The number of rotatable bonds is 9. The van der Waals surface area contributed by atoms with E-state index < -0.39 is 0 Å². The van der Waals surface area contributed by atoms with E-state index in [9.17, 15) is 4.79 Å². The summed E-state index contributed by atoms with van der Waals surface area (Å²) in [5.74, 6) is 1.82. The van der Waals surface area contributed by atoms with Crippen LogP contribution in [0.4, 0.5) is 0 Å². The molecule has 0 radical (unpaired) electrons. The first kappa shape index (κ1) is 16.5. The van der Waals surface area contributed by atoms with Crippen molar-refractivity contribution in [2.45, 2.75) is 12.8 Å². The van der Waals surface area contributed by atoms with Crippen molar-refractivity contribution in [3.05, 3.63) is 27.9 Å². The Morgan fingerprint density at radius 3 is 3.05 bits per heavy atom. The van der Waals surface area contributed by atoms with Crippen molar-refractivity contribution in [1.82, 2.24) is 10.3 Å². The van der Waals surface area contributed by atoms with Crippen LogP contribution in [0.1, 0.15) is 12.1 Å². The number of amides is 1. The Kier molecular flexibility index (Phi) is 7.21. The minimum Gasteiger partial charge on any atom is -0.396 e. The Morgan fingerprint density at radius 2 is 2.29 bits per heavy atom. The molecule has 2 rings (SSSR count). The van der Waals surface area contributed by atoms with Gasteiger partial charge in [0, 0.05) is 35.2 Å². The van der Waals surface area contributed by atoms with Gasteiger partial charge in [-0.15, -0.1) is 11.3 Å². The van der Waals surface area contributed by atoms with Crippen molar-refractivity contribution >= 4 is 40.3 Å². The van der Waals surface area contributed by atoms with E-state index in [1.807, 2.05) is 16.8 Å². The Hall–Kier alpha value is -0.890. The quantitative estimate of drug-likeness (QED) is 0.688. The lowest BCUT2D eigenvalue weighted by Crippen LogP contribution is -2.27. The van der Waals surface area contributed by atoms with Gasteiger partial charge in [0.05, 0.1) is 12.1 Å². The second-order valence-corrected chi connectivity index (χ2v) is 7.24. The first-order valence-corrected chi connectivity index (χ1v) is 9.69. The van der Waals surface area contributed by atoms with Crippen LogP contribution in [0.2, 0.25) is 0 Å². The molecule has 0 aromatic carbocycles. The smallest absolute Gasteiger partial charge is 0.226 e. The van der Waals surface area contributed by atoms with Gasteiger partial charge in [-0.1, -0.05) is 0 Å². The lowest BCUT2D eigenvalue weighted by atomic mass is 10.3. The molecule has 21 heavy (non-hydrogen) atoms. The third-order valence-electron chi connectivity index (χ3n) is 2.68. The number of carbonyl (C=O) groups is 1. The van der Waals surface area contributed by atoms with E-state index in [1.165, 1.54) is 0 Å². The molecule has 7 heteroatoms. The molecule has 0 spiro atoms. The van der Waals surface area contributed by atoms with Crippen LogP contribution in [0.25, 0.3) is 10.6 Å². The molecule has 0 fully saturated rings. The second-order valence-electron chi connectivity index (χ2n) is 4.37. The SMILES string of the molecule is O=C(Cc1csc(-c2ccsc2)n1)NCCSCCCO. The van der Waals surface area contributed by atoms with Crippen molar-refractivity contribution in [1.29, 1.82) is 0 Å². The van der Waals surface area contributed by atoms with E-state index in [0.29, 0.717) is 13.0 Å². The van der Waals surface area contributed by atoms with Crippen molar-refractivity contribution < 1.29 is 9.90 Å². The van der Waals surface area contributed by atoms with Crippen molar-refractivity contribution in [2.75, 3.05) is 24.7 Å². The van der Waals surface area contributed by atoms with Crippen LogP contribution in [-0.4, -0.2) is 40.7 Å². The number of hydrogen-bond acceptors (Lipinski definition) is 6. The second kappa shape index (κ2) is 9.19. The van der Waals surface area contributed by atoms with E-state index >= 15 is 0 Å². The van der Waals surface area contributed by atoms with E-state index in [4.69, 9.17) is 5.11 Å². The van der Waals surface area contributed by atoms with Gasteiger partial charge in [-0.3, -0.25) is 4.79 Å². The largest absolute Gasteiger partial charge is 0.396 e. The highest BCUT2D eigenvalue weighted by atomic mass is 32.2. The van der Waals surface area contributed by atoms with Gasteiger partial charge >= 0.3 is 0 Å². The minimum atomic E-state index is 0.0138. The molecule has 0 saturated heterocycles. The number of aliphatic hydroxyl groups excluding tert-OH is 1. The fourth-order valence-corrected chi connectivity index (χ4v) is 3.98. The third kappa shape index (κ3) is 5.78. The number of aliphatic hydroxyl groups is 1. The summed E-state index contributed by atoms with van der Waals surface area (Å²) in [7, 11) is 0. The van der Waals surface area contributed by atoms with Gasteiger partial charge in [0.25, 0.3) is 0 Å². The zero-order chi connectivity index (χ0) is 14.9. The zero-order valence-corrected chi connectivity index (χ0v) is 14.0. The van der Waals surface area contributed by atoms with Crippen molar-refractivity contribution in [2.24, 2.45) is 0 Å². The summed E-state index contributed by atoms with van der Waals surface area (Å²) >= 11 is 4.96. The lowest BCUT2D eigenvalue weighted by Gasteiger charge is -2.03. The summed E-state index contributed by atoms with van der Waals surface area (Å²) < 4.78 is 0. The molecule has 4 nitrogen and oxygen atoms in total. The number of nitrogens with zero attached hydrogens (tertiary/aromatic N) is 1. The van der Waals surface area contributed by atoms with Crippen molar-refractivity contribution in [3.8, 4) is 10.6 Å². The standard InChI is InChI=1S/C14H18N2O2S3/c17-4-1-5-19-7-3-15-13(18)8-12-10-21-14(16-12)11-2-6-20-9-11/h2,6,9-10,17H,1,3-5,7-8H2,(H,15,18). The molecular formula is C14H18N2O2S3. The highest BCUT2D eigenvalue weighted by Crippen LogP contribution is 2.25. The van der Waals surface area contributed by atoms with Crippen LogP contribution < -0.4 is 5.32 Å². The minimum absolute atomic E-state index is 0.0138. The van der Waals surface area contributed by atoms with Crippen LogP contribution in [0.3, 0.4) is 0 Å². The van der Waals surface area contributed by atoms with Crippen molar-refractivity contribution in [3.63, 3.8) is 0 Å².